The first-order valence-corrected chi connectivity index (χ1v) is 9.59. The highest BCUT2D eigenvalue weighted by atomic mass is 16.4. The Kier molecular flexibility index (Phi) is 7.03. The Labute approximate surface area is 156 Å². The van der Waals surface area contributed by atoms with E-state index in [0.717, 1.165) is 37.4 Å². The van der Waals surface area contributed by atoms with Gasteiger partial charge in [0.15, 0.2) is 5.76 Å². The van der Waals surface area contributed by atoms with Crippen LogP contribution in [-0.2, 0) is 13.0 Å². The average molecular weight is 361 g/mol. The third kappa shape index (κ3) is 4.55. The summed E-state index contributed by atoms with van der Waals surface area (Å²) in [5.74, 6) is 2.11. The molecular weight excluding hydrogens is 328 g/mol. The van der Waals surface area contributed by atoms with Crippen LogP contribution in [0.5, 0.6) is 0 Å². The molecule has 0 saturated carbocycles. The van der Waals surface area contributed by atoms with Gasteiger partial charge in [0.2, 0.25) is 0 Å². The minimum atomic E-state index is -0.233. The molecule has 0 bridgehead atoms. The highest BCUT2D eigenvalue weighted by molar-refractivity contribution is 6.01. The van der Waals surface area contributed by atoms with Crippen molar-refractivity contribution >= 4 is 11.7 Å². The van der Waals surface area contributed by atoms with Crippen molar-refractivity contribution in [1.82, 2.24) is 14.7 Å². The predicted molar refractivity (Wildman–Crippen MR) is 104 cm³/mol. The maximum atomic E-state index is 12.7. The molecule has 0 aliphatic heterocycles. The molecule has 1 amide bonds. The van der Waals surface area contributed by atoms with Crippen LogP contribution in [0.15, 0.2) is 22.7 Å². The van der Waals surface area contributed by atoms with E-state index in [9.17, 15) is 4.79 Å². The maximum Gasteiger partial charge on any atom is 0.292 e. The van der Waals surface area contributed by atoms with Crippen LogP contribution < -0.4 is 5.32 Å². The molecule has 26 heavy (non-hydrogen) atoms. The predicted octanol–water partition coefficient (Wildman–Crippen LogP) is 4.35. The number of carbonyl (C=O) groups excluding carboxylic acids is 1. The number of rotatable bonds is 9. The Morgan fingerprint density at radius 3 is 2.54 bits per heavy atom. The average Bonchev–Trinajstić information content (AvgIpc) is 3.25. The van der Waals surface area contributed by atoms with Crippen molar-refractivity contribution in [2.45, 2.75) is 60.5 Å². The summed E-state index contributed by atoms with van der Waals surface area (Å²) in [4.78, 5) is 15.0. The Morgan fingerprint density at radius 2 is 1.96 bits per heavy atom. The number of hydrogen-bond acceptors (Lipinski definition) is 4. The lowest BCUT2D eigenvalue weighted by Gasteiger charge is -2.19. The number of aromatic nitrogens is 2. The van der Waals surface area contributed by atoms with E-state index < -0.39 is 0 Å². The van der Waals surface area contributed by atoms with Crippen LogP contribution in [0.25, 0.3) is 0 Å². The van der Waals surface area contributed by atoms with Gasteiger partial charge in [-0.05, 0) is 32.0 Å². The van der Waals surface area contributed by atoms with E-state index in [0.29, 0.717) is 17.5 Å². The van der Waals surface area contributed by atoms with Gasteiger partial charge in [0.1, 0.15) is 11.6 Å². The van der Waals surface area contributed by atoms with Crippen molar-refractivity contribution in [3.63, 3.8) is 0 Å². The number of hydrogen-bond donors (Lipinski definition) is 1. The summed E-state index contributed by atoms with van der Waals surface area (Å²) in [5, 5.41) is 7.29. The van der Waals surface area contributed by atoms with Crippen molar-refractivity contribution in [3.05, 3.63) is 35.4 Å². The van der Waals surface area contributed by atoms with Gasteiger partial charge in [0.05, 0.1) is 12.2 Å². The minimum absolute atomic E-state index is 0.196. The van der Waals surface area contributed by atoms with E-state index >= 15 is 0 Å². The third-order valence-corrected chi connectivity index (χ3v) is 4.99. The first-order chi connectivity index (χ1) is 12.4. The summed E-state index contributed by atoms with van der Waals surface area (Å²) in [6.07, 6.45) is 2.48. The molecule has 6 nitrogen and oxygen atoms in total. The highest BCUT2D eigenvalue weighted by Gasteiger charge is 2.20. The van der Waals surface area contributed by atoms with Crippen molar-refractivity contribution in [2.75, 3.05) is 18.4 Å². The number of anilines is 1. The fourth-order valence-electron chi connectivity index (χ4n) is 2.90. The van der Waals surface area contributed by atoms with Gasteiger partial charge in [-0.3, -0.25) is 9.69 Å². The van der Waals surface area contributed by atoms with Gasteiger partial charge in [-0.2, -0.15) is 5.10 Å². The molecular formula is C20H32N4O2. The van der Waals surface area contributed by atoms with Gasteiger partial charge >= 0.3 is 0 Å². The lowest BCUT2D eigenvalue weighted by atomic mass is 10.1. The molecule has 0 aliphatic carbocycles. The SMILES string of the molecule is CCc1oc(C(=O)Nc2ccnn2[C@H](C)C(C)C)cc1CN(CC)CC. The molecule has 2 heterocycles. The Morgan fingerprint density at radius 1 is 1.27 bits per heavy atom. The second-order valence-electron chi connectivity index (χ2n) is 6.97. The van der Waals surface area contributed by atoms with Crippen molar-refractivity contribution in [2.24, 2.45) is 5.92 Å². The number of carbonyl (C=O) groups is 1. The molecule has 0 spiro atoms. The molecule has 1 N–H and O–H groups in total. The van der Waals surface area contributed by atoms with Gasteiger partial charge in [0.25, 0.3) is 5.91 Å². The lowest BCUT2D eigenvalue weighted by molar-refractivity contribution is 0.0993. The van der Waals surface area contributed by atoms with E-state index in [1.807, 2.05) is 23.7 Å². The van der Waals surface area contributed by atoms with Crippen LogP contribution >= 0.6 is 0 Å². The Balaban J connectivity index is 2.18. The number of nitrogens with one attached hydrogen (secondary N) is 1. The molecule has 0 saturated heterocycles. The van der Waals surface area contributed by atoms with Crippen LogP contribution in [0.4, 0.5) is 5.82 Å². The molecule has 2 aromatic heterocycles. The molecule has 144 valence electrons. The molecule has 1 atom stereocenters. The van der Waals surface area contributed by atoms with Crippen LogP contribution in [0.1, 0.15) is 69.5 Å². The van der Waals surface area contributed by atoms with Crippen LogP contribution in [0.3, 0.4) is 0 Å². The van der Waals surface area contributed by atoms with E-state index in [1.165, 1.54) is 0 Å². The summed E-state index contributed by atoms with van der Waals surface area (Å²) >= 11 is 0. The summed E-state index contributed by atoms with van der Waals surface area (Å²) in [6, 6.07) is 3.89. The molecule has 6 heteroatoms. The zero-order chi connectivity index (χ0) is 19.3. The lowest BCUT2D eigenvalue weighted by Crippen LogP contribution is -2.22. The smallest absolute Gasteiger partial charge is 0.292 e. The molecule has 0 fully saturated rings. The molecule has 0 unspecified atom stereocenters. The van der Waals surface area contributed by atoms with Gasteiger partial charge in [0, 0.05) is 24.6 Å². The minimum Gasteiger partial charge on any atom is -0.456 e. The van der Waals surface area contributed by atoms with E-state index in [2.05, 4.69) is 49.9 Å². The monoisotopic (exact) mass is 360 g/mol. The molecule has 0 radical (unpaired) electrons. The maximum absolute atomic E-state index is 12.7. The number of furan rings is 1. The standard InChI is InChI=1S/C20H32N4O2/c1-7-17-16(13-23(8-2)9-3)12-18(26-17)20(25)22-19-10-11-21-24(19)15(6)14(4)5/h10-12,14-15H,7-9,13H2,1-6H3,(H,22,25)/t15-/m1/s1. The first kappa shape index (κ1) is 20.2. The number of amides is 1. The van der Waals surface area contributed by atoms with Crippen LogP contribution in [0.2, 0.25) is 0 Å². The summed E-state index contributed by atoms with van der Waals surface area (Å²) < 4.78 is 7.69. The third-order valence-electron chi connectivity index (χ3n) is 4.99. The van der Waals surface area contributed by atoms with Gasteiger partial charge < -0.3 is 9.73 Å². The van der Waals surface area contributed by atoms with Crippen molar-refractivity contribution in [1.29, 1.82) is 0 Å². The van der Waals surface area contributed by atoms with Gasteiger partial charge in [-0.1, -0.05) is 34.6 Å². The van der Waals surface area contributed by atoms with Crippen LogP contribution in [-0.4, -0.2) is 33.7 Å². The van der Waals surface area contributed by atoms with Crippen molar-refractivity contribution < 1.29 is 9.21 Å². The summed E-state index contributed by atoms with van der Waals surface area (Å²) in [5.41, 5.74) is 1.09. The van der Waals surface area contributed by atoms with Gasteiger partial charge in [-0.15, -0.1) is 0 Å². The fraction of sp³-hybridized carbons (Fsp3) is 0.600. The topological polar surface area (TPSA) is 63.3 Å². The summed E-state index contributed by atoms with van der Waals surface area (Å²) in [7, 11) is 0. The number of aryl methyl sites for hydroxylation is 1. The van der Waals surface area contributed by atoms with E-state index in [4.69, 9.17) is 4.42 Å². The van der Waals surface area contributed by atoms with Crippen molar-refractivity contribution in [3.8, 4) is 0 Å². The molecule has 2 aromatic rings. The van der Waals surface area contributed by atoms with E-state index in [-0.39, 0.29) is 11.9 Å². The molecule has 0 aromatic carbocycles. The first-order valence-electron chi connectivity index (χ1n) is 9.59. The Bertz CT molecular complexity index is 713. The fourth-order valence-corrected chi connectivity index (χ4v) is 2.90. The Hall–Kier alpha value is -2.08. The molecule has 0 aliphatic rings. The van der Waals surface area contributed by atoms with Crippen LogP contribution in [0, 0.1) is 5.92 Å². The zero-order valence-corrected chi connectivity index (χ0v) is 16.9. The zero-order valence-electron chi connectivity index (χ0n) is 16.9. The normalized spacial score (nSPS) is 12.8. The quantitative estimate of drug-likeness (QED) is 0.722. The number of nitrogens with zero attached hydrogens (tertiary/aromatic N) is 3. The van der Waals surface area contributed by atoms with E-state index in [1.54, 1.807) is 6.20 Å². The largest absolute Gasteiger partial charge is 0.456 e. The highest BCUT2D eigenvalue weighted by Crippen LogP contribution is 2.23. The summed E-state index contributed by atoms with van der Waals surface area (Å²) in [6.45, 7) is 15.4. The second kappa shape index (κ2) is 9.03. The van der Waals surface area contributed by atoms with Gasteiger partial charge in [-0.25, -0.2) is 4.68 Å². The molecule has 2 rings (SSSR count). The second-order valence-corrected chi connectivity index (χ2v) is 6.97.